The molecule has 1 aromatic heterocycles. The van der Waals surface area contributed by atoms with E-state index in [2.05, 4.69) is 17.2 Å². The van der Waals surface area contributed by atoms with Gasteiger partial charge in [-0.05, 0) is 49.6 Å². The van der Waals surface area contributed by atoms with Crippen molar-refractivity contribution in [3.8, 4) is 0 Å². The molecule has 0 aliphatic carbocycles. The van der Waals surface area contributed by atoms with Crippen molar-refractivity contribution in [2.45, 2.75) is 25.3 Å². The van der Waals surface area contributed by atoms with Crippen LogP contribution in [-0.4, -0.2) is 68.0 Å². The lowest BCUT2D eigenvalue weighted by atomic mass is 10.1. The molecule has 37 heavy (non-hydrogen) atoms. The normalized spacial score (nSPS) is 16.6. The Hall–Kier alpha value is -3.79. The van der Waals surface area contributed by atoms with Crippen LogP contribution in [0.15, 0.2) is 61.2 Å². The highest BCUT2D eigenvalue weighted by molar-refractivity contribution is 7.84. The Morgan fingerprint density at radius 2 is 1.89 bits per heavy atom. The van der Waals surface area contributed by atoms with Crippen LogP contribution in [0.1, 0.15) is 46.0 Å². The number of imidazole rings is 1. The SMILES string of the molecule is C=CC(=O)N1CCCCC(n2c(NC(=O)c3ccccc3)nc3cccc(C(=O)NCCS(C)=O)c32)C1. The van der Waals surface area contributed by atoms with Gasteiger partial charge in [0, 0.05) is 48.0 Å². The lowest BCUT2D eigenvalue weighted by Gasteiger charge is -2.26. The van der Waals surface area contributed by atoms with Crippen LogP contribution in [0, 0.1) is 0 Å². The number of para-hydroxylation sites is 1. The predicted octanol–water partition coefficient (Wildman–Crippen LogP) is 3.14. The average molecular weight is 522 g/mol. The van der Waals surface area contributed by atoms with Gasteiger partial charge in [0.15, 0.2) is 0 Å². The molecule has 1 fully saturated rings. The molecular formula is C27H31N5O4S. The first-order valence-corrected chi connectivity index (χ1v) is 14.0. The molecule has 4 rings (SSSR count). The number of likely N-dealkylation sites (tertiary alicyclic amines) is 1. The van der Waals surface area contributed by atoms with Crippen molar-refractivity contribution in [3.05, 3.63) is 72.3 Å². The Morgan fingerprint density at radius 1 is 1.11 bits per heavy atom. The second kappa shape index (κ2) is 12.0. The summed E-state index contributed by atoms with van der Waals surface area (Å²) in [5, 5.41) is 5.77. The van der Waals surface area contributed by atoms with Gasteiger partial charge in [-0.2, -0.15) is 0 Å². The first-order chi connectivity index (χ1) is 17.9. The van der Waals surface area contributed by atoms with Crippen LogP contribution in [-0.2, 0) is 15.6 Å². The van der Waals surface area contributed by atoms with Gasteiger partial charge >= 0.3 is 0 Å². The molecular weight excluding hydrogens is 490 g/mol. The van der Waals surface area contributed by atoms with Crippen molar-refractivity contribution in [3.63, 3.8) is 0 Å². The maximum Gasteiger partial charge on any atom is 0.257 e. The Labute approximate surface area is 218 Å². The number of rotatable bonds is 8. The average Bonchev–Trinajstić information content (AvgIpc) is 3.08. The number of nitrogens with zero attached hydrogens (tertiary/aromatic N) is 3. The Morgan fingerprint density at radius 3 is 2.62 bits per heavy atom. The van der Waals surface area contributed by atoms with Crippen LogP contribution in [0.3, 0.4) is 0 Å². The van der Waals surface area contributed by atoms with E-state index in [0.29, 0.717) is 47.0 Å². The zero-order valence-corrected chi connectivity index (χ0v) is 21.6. The van der Waals surface area contributed by atoms with Crippen LogP contribution in [0.2, 0.25) is 0 Å². The van der Waals surface area contributed by atoms with Gasteiger partial charge in [0.1, 0.15) is 0 Å². The summed E-state index contributed by atoms with van der Waals surface area (Å²) in [6.07, 6.45) is 5.35. The molecule has 2 atom stereocenters. The van der Waals surface area contributed by atoms with Gasteiger partial charge in [0.2, 0.25) is 11.9 Å². The minimum Gasteiger partial charge on any atom is -0.351 e. The molecule has 10 heteroatoms. The number of aromatic nitrogens is 2. The highest BCUT2D eigenvalue weighted by Crippen LogP contribution is 2.32. The molecule has 3 aromatic rings. The molecule has 194 valence electrons. The molecule has 2 N–H and O–H groups in total. The van der Waals surface area contributed by atoms with Crippen LogP contribution < -0.4 is 10.6 Å². The molecule has 2 heterocycles. The van der Waals surface area contributed by atoms with Crippen molar-refractivity contribution in [1.29, 1.82) is 0 Å². The number of fused-ring (bicyclic) bond motifs is 1. The number of amides is 3. The van der Waals surface area contributed by atoms with Crippen molar-refractivity contribution < 1.29 is 18.6 Å². The minimum atomic E-state index is -1.03. The summed E-state index contributed by atoms with van der Waals surface area (Å²) in [5.74, 6) is -0.124. The third-order valence-electron chi connectivity index (χ3n) is 6.39. The number of benzene rings is 2. The quantitative estimate of drug-likeness (QED) is 0.442. The van der Waals surface area contributed by atoms with E-state index in [1.165, 1.54) is 6.08 Å². The van der Waals surface area contributed by atoms with E-state index >= 15 is 0 Å². The zero-order valence-electron chi connectivity index (χ0n) is 20.8. The summed E-state index contributed by atoms with van der Waals surface area (Å²) in [5.41, 5.74) is 2.02. The van der Waals surface area contributed by atoms with E-state index in [1.807, 2.05) is 10.6 Å². The monoisotopic (exact) mass is 521 g/mol. The summed E-state index contributed by atoms with van der Waals surface area (Å²) in [6.45, 7) is 4.91. The minimum absolute atomic E-state index is 0.156. The number of nitrogens with one attached hydrogen (secondary N) is 2. The molecule has 1 aliphatic heterocycles. The van der Waals surface area contributed by atoms with Crippen molar-refractivity contribution in [1.82, 2.24) is 19.8 Å². The van der Waals surface area contributed by atoms with Gasteiger partial charge in [-0.15, -0.1) is 0 Å². The Balaban J connectivity index is 1.79. The van der Waals surface area contributed by atoms with E-state index in [1.54, 1.807) is 53.6 Å². The predicted molar refractivity (Wildman–Crippen MR) is 145 cm³/mol. The van der Waals surface area contributed by atoms with Crippen LogP contribution in [0.4, 0.5) is 5.95 Å². The zero-order chi connectivity index (χ0) is 26.4. The fourth-order valence-corrected chi connectivity index (χ4v) is 4.99. The summed E-state index contributed by atoms with van der Waals surface area (Å²) < 4.78 is 13.4. The fraction of sp³-hybridized carbons (Fsp3) is 0.333. The van der Waals surface area contributed by atoms with E-state index in [4.69, 9.17) is 4.98 Å². The molecule has 1 saturated heterocycles. The maximum atomic E-state index is 13.2. The summed E-state index contributed by atoms with van der Waals surface area (Å²) in [7, 11) is -1.03. The van der Waals surface area contributed by atoms with Gasteiger partial charge < -0.3 is 14.8 Å². The molecule has 0 radical (unpaired) electrons. The number of anilines is 1. The molecule has 0 bridgehead atoms. The maximum absolute atomic E-state index is 13.2. The third-order valence-corrected chi connectivity index (χ3v) is 7.17. The largest absolute Gasteiger partial charge is 0.351 e. The van der Waals surface area contributed by atoms with Gasteiger partial charge in [0.25, 0.3) is 11.8 Å². The van der Waals surface area contributed by atoms with E-state index in [0.717, 1.165) is 19.3 Å². The fourth-order valence-electron chi connectivity index (χ4n) is 4.60. The third kappa shape index (κ3) is 6.14. The topological polar surface area (TPSA) is 113 Å². The molecule has 9 nitrogen and oxygen atoms in total. The van der Waals surface area contributed by atoms with Crippen LogP contribution in [0.5, 0.6) is 0 Å². The molecule has 2 aromatic carbocycles. The number of carbonyl (C=O) groups excluding carboxylic acids is 3. The van der Waals surface area contributed by atoms with Crippen LogP contribution in [0.25, 0.3) is 11.0 Å². The smallest absolute Gasteiger partial charge is 0.257 e. The number of hydrogen-bond acceptors (Lipinski definition) is 5. The van der Waals surface area contributed by atoms with Gasteiger partial charge in [-0.3, -0.25) is 23.9 Å². The second-order valence-corrected chi connectivity index (χ2v) is 10.5. The molecule has 0 spiro atoms. The summed E-state index contributed by atoms with van der Waals surface area (Å²) in [4.78, 5) is 45.3. The first kappa shape index (κ1) is 26.3. The summed E-state index contributed by atoms with van der Waals surface area (Å²) in [6, 6.07) is 13.9. The molecule has 1 aliphatic rings. The number of carbonyl (C=O) groups is 3. The molecule has 0 saturated carbocycles. The highest BCUT2D eigenvalue weighted by Gasteiger charge is 2.28. The van der Waals surface area contributed by atoms with Crippen molar-refractivity contribution in [2.24, 2.45) is 0 Å². The van der Waals surface area contributed by atoms with E-state index < -0.39 is 10.8 Å². The van der Waals surface area contributed by atoms with Crippen molar-refractivity contribution in [2.75, 3.05) is 37.0 Å². The number of hydrogen-bond donors (Lipinski definition) is 2. The van der Waals surface area contributed by atoms with Crippen molar-refractivity contribution >= 4 is 45.5 Å². The van der Waals surface area contributed by atoms with Crippen LogP contribution >= 0.6 is 0 Å². The highest BCUT2D eigenvalue weighted by atomic mass is 32.2. The van der Waals surface area contributed by atoms with Gasteiger partial charge in [0.05, 0.1) is 22.6 Å². The lowest BCUT2D eigenvalue weighted by Crippen LogP contribution is -2.35. The van der Waals surface area contributed by atoms with Gasteiger partial charge in [-0.25, -0.2) is 4.98 Å². The van der Waals surface area contributed by atoms with E-state index in [9.17, 15) is 18.6 Å². The standard InChI is InChI=1S/C27H31N5O4S/c1-3-23(33)31-16-8-7-12-20(18-31)32-24-21(26(35)28-15-17-37(2)36)13-9-14-22(24)29-27(32)30-25(34)19-10-5-4-6-11-19/h3-6,9-11,13-14,20H,1,7-8,12,15-18H2,2H3,(H,28,35)(H,29,30,34). The van der Waals surface area contributed by atoms with Gasteiger partial charge in [-0.1, -0.05) is 30.8 Å². The lowest BCUT2D eigenvalue weighted by molar-refractivity contribution is -0.126. The second-order valence-electron chi connectivity index (χ2n) is 8.97. The first-order valence-electron chi connectivity index (χ1n) is 12.3. The molecule has 2 unspecified atom stereocenters. The Bertz CT molecular complexity index is 1340. The van der Waals surface area contributed by atoms with E-state index in [-0.39, 0.29) is 30.3 Å². The Kier molecular flexibility index (Phi) is 8.50. The molecule has 3 amide bonds. The summed E-state index contributed by atoms with van der Waals surface area (Å²) >= 11 is 0.